The van der Waals surface area contributed by atoms with Gasteiger partial charge in [-0.1, -0.05) is 0 Å². The average molecular weight is 344 g/mol. The zero-order valence-electron chi connectivity index (χ0n) is 14.4. The third-order valence-electron chi connectivity index (χ3n) is 6.48. The van der Waals surface area contributed by atoms with E-state index in [1.54, 1.807) is 0 Å². The summed E-state index contributed by atoms with van der Waals surface area (Å²) >= 11 is 0. The van der Waals surface area contributed by atoms with E-state index >= 15 is 0 Å². The maximum Gasteiger partial charge on any atom is 0.274 e. The number of hydrogen-bond acceptors (Lipinski definition) is 5. The molecule has 2 bridgehead atoms. The third-order valence-corrected chi connectivity index (χ3v) is 6.48. The van der Waals surface area contributed by atoms with Crippen molar-refractivity contribution in [1.82, 2.24) is 10.3 Å². The van der Waals surface area contributed by atoms with Crippen LogP contribution in [0.2, 0.25) is 0 Å². The molecule has 6 heteroatoms. The summed E-state index contributed by atoms with van der Waals surface area (Å²) in [5, 5.41) is 12.9. The molecule has 0 aromatic carbocycles. The Balaban J connectivity index is 1.50. The van der Waals surface area contributed by atoms with E-state index in [1.165, 1.54) is 32.2 Å². The van der Waals surface area contributed by atoms with Gasteiger partial charge in [-0.2, -0.15) is 0 Å². The van der Waals surface area contributed by atoms with E-state index in [9.17, 15) is 14.7 Å². The van der Waals surface area contributed by atoms with Crippen LogP contribution in [0.4, 0.5) is 0 Å². The van der Waals surface area contributed by atoms with Gasteiger partial charge in [0.25, 0.3) is 5.91 Å². The molecule has 4 aliphatic carbocycles. The van der Waals surface area contributed by atoms with Gasteiger partial charge in [-0.15, -0.1) is 0 Å². The fourth-order valence-corrected chi connectivity index (χ4v) is 5.30. The molecule has 1 amide bonds. The molecule has 25 heavy (non-hydrogen) atoms. The minimum absolute atomic E-state index is 0.0977. The molecule has 1 aromatic heterocycles. The van der Waals surface area contributed by atoms with E-state index < -0.39 is 11.9 Å². The van der Waals surface area contributed by atoms with Crippen molar-refractivity contribution in [3.8, 4) is 11.5 Å². The molecule has 1 heterocycles. The predicted molar refractivity (Wildman–Crippen MR) is 90.4 cm³/mol. The lowest BCUT2D eigenvalue weighted by atomic mass is 9.53. The monoisotopic (exact) mass is 344 g/mol. The van der Waals surface area contributed by atoms with Crippen LogP contribution in [-0.4, -0.2) is 34.9 Å². The number of Topliss-reactive ketones (excluding diaryl/α,β-unsaturated/α-hetero) is 1. The molecule has 1 unspecified atom stereocenters. The minimum Gasteiger partial charge on any atom is -0.503 e. The van der Waals surface area contributed by atoms with E-state index in [1.807, 2.05) is 0 Å². The van der Waals surface area contributed by atoms with Crippen molar-refractivity contribution in [3.05, 3.63) is 18.0 Å². The standard InChI is InChI=1S/C19H24N2O4/c1-25-14-8-9-20-16(18(14)23)19(24)21-13-7-6-12-10-2-4-11(5-3-10)15(12)17(13)22/h8-13,15,23H,2-7H2,1H3,(H,21,24)/t10?,11?,12-,13?,15+/m0/s1. The predicted octanol–water partition coefficient (Wildman–Crippen LogP) is 2.31. The largest absolute Gasteiger partial charge is 0.503 e. The van der Waals surface area contributed by atoms with Crippen LogP contribution >= 0.6 is 0 Å². The molecule has 5 rings (SSSR count). The van der Waals surface area contributed by atoms with Crippen molar-refractivity contribution in [2.75, 3.05) is 7.11 Å². The first kappa shape index (κ1) is 16.4. The van der Waals surface area contributed by atoms with Gasteiger partial charge in [-0.05, 0) is 56.3 Å². The fourth-order valence-electron chi connectivity index (χ4n) is 5.30. The van der Waals surface area contributed by atoms with Crippen LogP contribution in [0.1, 0.15) is 49.0 Å². The lowest BCUT2D eigenvalue weighted by Gasteiger charge is -2.51. The zero-order chi connectivity index (χ0) is 17.6. The summed E-state index contributed by atoms with van der Waals surface area (Å²) in [5.74, 6) is 1.37. The van der Waals surface area contributed by atoms with Crippen LogP contribution in [0.3, 0.4) is 0 Å². The van der Waals surface area contributed by atoms with Crippen molar-refractivity contribution < 1.29 is 19.4 Å². The van der Waals surface area contributed by atoms with Crippen LogP contribution in [0.25, 0.3) is 0 Å². The molecule has 0 radical (unpaired) electrons. The first-order valence-electron chi connectivity index (χ1n) is 9.16. The topological polar surface area (TPSA) is 88.5 Å². The summed E-state index contributed by atoms with van der Waals surface area (Å²) in [5.41, 5.74) is -0.0977. The molecule has 0 spiro atoms. The normalized spacial score (nSPS) is 33.6. The van der Waals surface area contributed by atoms with Gasteiger partial charge in [-0.3, -0.25) is 9.59 Å². The highest BCUT2D eigenvalue weighted by molar-refractivity contribution is 5.99. The first-order chi connectivity index (χ1) is 12.1. The average Bonchev–Trinajstić information content (AvgIpc) is 2.65. The zero-order valence-corrected chi connectivity index (χ0v) is 14.4. The molecular weight excluding hydrogens is 320 g/mol. The lowest BCUT2D eigenvalue weighted by molar-refractivity contribution is -0.138. The summed E-state index contributed by atoms with van der Waals surface area (Å²) in [6.45, 7) is 0. The van der Waals surface area contributed by atoms with Gasteiger partial charge in [0.2, 0.25) is 0 Å². The first-order valence-corrected chi connectivity index (χ1v) is 9.16. The summed E-state index contributed by atoms with van der Waals surface area (Å²) < 4.78 is 5.01. The number of pyridine rings is 1. The number of fused-ring (bicyclic) bond motifs is 2. The number of carbonyl (C=O) groups excluding carboxylic acids is 2. The number of nitrogens with one attached hydrogen (secondary N) is 1. The molecule has 0 saturated heterocycles. The van der Waals surface area contributed by atoms with Crippen LogP contribution < -0.4 is 10.1 Å². The number of ether oxygens (including phenoxy) is 1. The SMILES string of the molecule is COc1ccnc(C(=O)NC2CC[C@H]3C4CCC(CC4)[C@H]3C2=O)c1O. The van der Waals surface area contributed by atoms with Gasteiger partial charge < -0.3 is 15.2 Å². The van der Waals surface area contributed by atoms with E-state index in [4.69, 9.17) is 4.74 Å². The number of amides is 1. The van der Waals surface area contributed by atoms with Crippen LogP contribution in [0, 0.1) is 23.7 Å². The van der Waals surface area contributed by atoms with Crippen molar-refractivity contribution in [2.45, 2.75) is 44.6 Å². The highest BCUT2D eigenvalue weighted by atomic mass is 16.5. The summed E-state index contributed by atoms with van der Waals surface area (Å²) in [7, 11) is 1.42. The Bertz CT molecular complexity index is 697. The van der Waals surface area contributed by atoms with Gasteiger partial charge in [-0.25, -0.2) is 4.98 Å². The number of carbonyl (C=O) groups is 2. The second-order valence-electron chi connectivity index (χ2n) is 7.58. The van der Waals surface area contributed by atoms with Crippen LogP contribution in [0.5, 0.6) is 11.5 Å². The maximum absolute atomic E-state index is 13.0. The van der Waals surface area contributed by atoms with Crippen molar-refractivity contribution in [3.63, 3.8) is 0 Å². The Morgan fingerprint density at radius 1 is 1.20 bits per heavy atom. The van der Waals surface area contributed by atoms with Crippen molar-refractivity contribution in [2.24, 2.45) is 23.7 Å². The Labute approximate surface area is 147 Å². The third kappa shape index (κ3) is 2.68. The van der Waals surface area contributed by atoms with E-state index in [0.29, 0.717) is 24.2 Å². The molecule has 0 aliphatic heterocycles. The molecule has 6 nitrogen and oxygen atoms in total. The highest BCUT2D eigenvalue weighted by Crippen LogP contribution is 2.53. The number of nitrogens with zero attached hydrogens (tertiary/aromatic N) is 1. The van der Waals surface area contributed by atoms with Crippen molar-refractivity contribution in [1.29, 1.82) is 0 Å². The molecular formula is C19H24N2O4. The Morgan fingerprint density at radius 2 is 1.92 bits per heavy atom. The summed E-state index contributed by atoms with van der Waals surface area (Å²) in [4.78, 5) is 29.5. The van der Waals surface area contributed by atoms with Crippen molar-refractivity contribution >= 4 is 11.7 Å². The quantitative estimate of drug-likeness (QED) is 0.878. The molecule has 3 atom stereocenters. The number of aromatic hydroxyl groups is 1. The maximum atomic E-state index is 13.0. The molecule has 2 N–H and O–H groups in total. The van der Waals surface area contributed by atoms with E-state index in [-0.39, 0.29) is 28.9 Å². The Morgan fingerprint density at radius 3 is 2.64 bits per heavy atom. The molecule has 134 valence electrons. The molecule has 4 saturated carbocycles. The lowest BCUT2D eigenvalue weighted by Crippen LogP contribution is -2.55. The Kier molecular flexibility index (Phi) is 4.13. The van der Waals surface area contributed by atoms with Crippen LogP contribution in [-0.2, 0) is 4.79 Å². The Hall–Kier alpha value is -2.11. The number of hydrogen-bond donors (Lipinski definition) is 2. The minimum atomic E-state index is -0.519. The second kappa shape index (κ2) is 6.32. The summed E-state index contributed by atoms with van der Waals surface area (Å²) in [6.07, 6.45) is 7.91. The van der Waals surface area contributed by atoms with Gasteiger partial charge in [0, 0.05) is 18.2 Å². The smallest absolute Gasteiger partial charge is 0.274 e. The van der Waals surface area contributed by atoms with Crippen LogP contribution in [0.15, 0.2) is 12.3 Å². The number of aromatic nitrogens is 1. The number of rotatable bonds is 3. The van der Waals surface area contributed by atoms with Gasteiger partial charge >= 0.3 is 0 Å². The molecule has 4 fully saturated rings. The van der Waals surface area contributed by atoms with Gasteiger partial charge in [0.1, 0.15) is 0 Å². The fraction of sp³-hybridized carbons (Fsp3) is 0.632. The highest BCUT2D eigenvalue weighted by Gasteiger charge is 2.50. The van der Waals surface area contributed by atoms with E-state index in [2.05, 4.69) is 10.3 Å². The number of ketones is 1. The van der Waals surface area contributed by atoms with Gasteiger partial charge in [0.05, 0.1) is 13.2 Å². The molecule has 1 aromatic rings. The second-order valence-corrected chi connectivity index (χ2v) is 7.58. The van der Waals surface area contributed by atoms with E-state index in [0.717, 1.165) is 19.3 Å². The van der Waals surface area contributed by atoms with Gasteiger partial charge in [0.15, 0.2) is 23.0 Å². The molecule has 4 aliphatic rings. The summed E-state index contributed by atoms with van der Waals surface area (Å²) in [6, 6.07) is 1.02. The number of methoxy groups -OCH3 is 1.